The van der Waals surface area contributed by atoms with Gasteiger partial charge < -0.3 is 9.64 Å². The maximum Gasteiger partial charge on any atom is 0.254 e. The number of fused-ring (bicyclic) bond motifs is 1. The van der Waals surface area contributed by atoms with E-state index in [2.05, 4.69) is 24.7 Å². The number of carbonyl (C=O) groups is 1. The number of hydrogen-bond acceptors (Lipinski definition) is 3. The van der Waals surface area contributed by atoms with Gasteiger partial charge in [0.25, 0.3) is 5.91 Å². The predicted molar refractivity (Wildman–Crippen MR) is 102 cm³/mol. The Balaban J connectivity index is 1.70. The van der Waals surface area contributed by atoms with E-state index >= 15 is 0 Å². The van der Waals surface area contributed by atoms with Crippen LogP contribution in [0.5, 0.6) is 5.88 Å². The second-order valence-electron chi connectivity index (χ2n) is 6.46. The van der Waals surface area contributed by atoms with Gasteiger partial charge in [0.1, 0.15) is 12.4 Å². The van der Waals surface area contributed by atoms with Gasteiger partial charge in [0, 0.05) is 24.7 Å². The van der Waals surface area contributed by atoms with Crippen LogP contribution < -0.4 is 4.74 Å². The molecule has 1 aliphatic rings. The lowest BCUT2D eigenvalue weighted by Gasteiger charge is -2.20. The summed E-state index contributed by atoms with van der Waals surface area (Å²) in [4.78, 5) is 14.5. The third-order valence-corrected chi connectivity index (χ3v) is 4.49. The molecule has 0 N–H and O–H groups in total. The maximum absolute atomic E-state index is 13.1. The molecule has 1 aromatic carbocycles. The van der Waals surface area contributed by atoms with Crippen molar-refractivity contribution in [3.8, 4) is 5.88 Å². The molecule has 142 valence electrons. The SMILES string of the molecule is C=C/C(=C\CC)COc1cc2n(n1)CCCN(C(=O)c1ccc(F)cc1)C2. The fraction of sp³-hybridized carbons (Fsp3) is 0.333. The van der Waals surface area contributed by atoms with Crippen molar-refractivity contribution in [2.24, 2.45) is 0 Å². The van der Waals surface area contributed by atoms with Crippen molar-refractivity contribution in [3.63, 3.8) is 0 Å². The number of amides is 1. The molecule has 0 aliphatic carbocycles. The van der Waals surface area contributed by atoms with Crippen molar-refractivity contribution in [3.05, 3.63) is 71.7 Å². The molecule has 0 spiro atoms. The zero-order chi connectivity index (χ0) is 19.2. The second-order valence-corrected chi connectivity index (χ2v) is 6.46. The van der Waals surface area contributed by atoms with Gasteiger partial charge in [-0.2, -0.15) is 0 Å². The molecule has 0 fully saturated rings. The van der Waals surface area contributed by atoms with Gasteiger partial charge in [0.05, 0.1) is 12.2 Å². The maximum atomic E-state index is 13.1. The van der Waals surface area contributed by atoms with E-state index in [4.69, 9.17) is 4.74 Å². The average Bonchev–Trinajstić information content (AvgIpc) is 2.95. The highest BCUT2D eigenvalue weighted by atomic mass is 19.1. The summed E-state index contributed by atoms with van der Waals surface area (Å²) in [6.45, 7) is 8.09. The van der Waals surface area contributed by atoms with E-state index in [1.807, 2.05) is 10.7 Å². The van der Waals surface area contributed by atoms with Crippen molar-refractivity contribution >= 4 is 5.91 Å². The highest BCUT2D eigenvalue weighted by molar-refractivity contribution is 5.94. The third kappa shape index (κ3) is 4.64. The van der Waals surface area contributed by atoms with Crippen LogP contribution in [0.2, 0.25) is 0 Å². The van der Waals surface area contributed by atoms with Crippen LogP contribution in [0, 0.1) is 5.82 Å². The molecule has 0 radical (unpaired) electrons. The molecule has 0 unspecified atom stereocenters. The summed E-state index contributed by atoms with van der Waals surface area (Å²) in [7, 11) is 0. The third-order valence-electron chi connectivity index (χ3n) is 4.49. The zero-order valence-corrected chi connectivity index (χ0v) is 15.5. The van der Waals surface area contributed by atoms with Crippen LogP contribution in [0.4, 0.5) is 4.39 Å². The zero-order valence-electron chi connectivity index (χ0n) is 15.5. The number of ether oxygens (including phenoxy) is 1. The normalized spacial score (nSPS) is 14.4. The van der Waals surface area contributed by atoms with Gasteiger partial charge in [-0.3, -0.25) is 9.48 Å². The Hall–Kier alpha value is -2.89. The number of nitrogens with zero attached hydrogens (tertiary/aromatic N) is 3. The van der Waals surface area contributed by atoms with E-state index in [0.717, 1.165) is 30.7 Å². The molecule has 3 rings (SSSR count). The number of carbonyl (C=O) groups excluding carboxylic acids is 1. The lowest BCUT2D eigenvalue weighted by molar-refractivity contribution is 0.0745. The van der Waals surface area contributed by atoms with Gasteiger partial charge in [0.2, 0.25) is 5.88 Å². The van der Waals surface area contributed by atoms with Crippen LogP contribution in [0.15, 0.2) is 54.6 Å². The summed E-state index contributed by atoms with van der Waals surface area (Å²) in [5.74, 6) is 0.0928. The van der Waals surface area contributed by atoms with E-state index in [1.54, 1.807) is 11.0 Å². The second kappa shape index (κ2) is 8.66. The number of benzene rings is 1. The molecule has 27 heavy (non-hydrogen) atoms. The first-order chi connectivity index (χ1) is 13.1. The van der Waals surface area contributed by atoms with E-state index in [0.29, 0.717) is 31.1 Å². The molecule has 5 nitrogen and oxygen atoms in total. The van der Waals surface area contributed by atoms with Gasteiger partial charge in [-0.1, -0.05) is 25.7 Å². The first kappa shape index (κ1) is 18.9. The Kier molecular flexibility index (Phi) is 6.06. The van der Waals surface area contributed by atoms with Crippen LogP contribution >= 0.6 is 0 Å². The first-order valence-corrected chi connectivity index (χ1v) is 9.16. The minimum atomic E-state index is -0.349. The molecule has 1 aromatic heterocycles. The predicted octanol–water partition coefficient (Wildman–Crippen LogP) is 3.97. The molecule has 0 bridgehead atoms. The monoisotopic (exact) mass is 369 g/mol. The van der Waals surface area contributed by atoms with Gasteiger partial charge in [-0.05, 0) is 42.7 Å². The standard InChI is InChI=1S/C21H24FN3O2/c1-3-6-16(4-2)15-27-20-13-19-14-24(11-5-12-25(19)23-20)21(26)17-7-9-18(22)10-8-17/h4,6-10,13H,2-3,5,11-12,14-15H2,1H3/b16-6+. The van der Waals surface area contributed by atoms with Crippen LogP contribution in [0.1, 0.15) is 35.8 Å². The van der Waals surface area contributed by atoms with Crippen LogP contribution in [0.3, 0.4) is 0 Å². The van der Waals surface area contributed by atoms with E-state index < -0.39 is 0 Å². The number of aryl methyl sites for hydroxylation is 1. The quantitative estimate of drug-likeness (QED) is 0.724. The summed E-state index contributed by atoms with van der Waals surface area (Å²) in [6, 6.07) is 7.53. The van der Waals surface area contributed by atoms with Crippen LogP contribution in [0.25, 0.3) is 0 Å². The minimum Gasteiger partial charge on any atom is -0.472 e. The number of rotatable bonds is 6. The molecule has 0 saturated heterocycles. The van der Waals surface area contributed by atoms with Crippen molar-refractivity contribution in [2.75, 3.05) is 13.2 Å². The van der Waals surface area contributed by atoms with Crippen molar-refractivity contribution < 1.29 is 13.9 Å². The number of allylic oxidation sites excluding steroid dienone is 1. The van der Waals surface area contributed by atoms with Crippen molar-refractivity contribution in [2.45, 2.75) is 32.9 Å². The van der Waals surface area contributed by atoms with Crippen LogP contribution in [-0.2, 0) is 13.1 Å². The molecule has 2 heterocycles. The summed E-state index contributed by atoms with van der Waals surface area (Å²) >= 11 is 0. The molecule has 0 saturated carbocycles. The Labute approximate surface area is 158 Å². The topological polar surface area (TPSA) is 47.4 Å². The summed E-state index contributed by atoms with van der Waals surface area (Å²) in [6.07, 6.45) is 5.57. The lowest BCUT2D eigenvalue weighted by atomic mass is 10.2. The number of aromatic nitrogens is 2. The largest absolute Gasteiger partial charge is 0.472 e. The Bertz CT molecular complexity index is 840. The summed E-state index contributed by atoms with van der Waals surface area (Å²) in [5.41, 5.74) is 2.44. The molecular formula is C21H24FN3O2. The van der Waals surface area contributed by atoms with E-state index in [1.165, 1.54) is 24.3 Å². The van der Waals surface area contributed by atoms with Crippen LogP contribution in [-0.4, -0.2) is 33.7 Å². The van der Waals surface area contributed by atoms with Gasteiger partial charge >= 0.3 is 0 Å². The molecule has 2 aromatic rings. The lowest BCUT2D eigenvalue weighted by Crippen LogP contribution is -2.30. The highest BCUT2D eigenvalue weighted by Crippen LogP contribution is 2.20. The molecule has 1 aliphatic heterocycles. The van der Waals surface area contributed by atoms with Crippen molar-refractivity contribution in [1.29, 1.82) is 0 Å². The molecule has 1 amide bonds. The smallest absolute Gasteiger partial charge is 0.254 e. The Morgan fingerprint density at radius 1 is 1.33 bits per heavy atom. The van der Waals surface area contributed by atoms with E-state index in [9.17, 15) is 9.18 Å². The average molecular weight is 369 g/mol. The molecular weight excluding hydrogens is 345 g/mol. The fourth-order valence-electron chi connectivity index (χ4n) is 3.08. The fourth-order valence-corrected chi connectivity index (χ4v) is 3.08. The molecule has 0 atom stereocenters. The highest BCUT2D eigenvalue weighted by Gasteiger charge is 2.22. The van der Waals surface area contributed by atoms with Crippen molar-refractivity contribution in [1.82, 2.24) is 14.7 Å². The first-order valence-electron chi connectivity index (χ1n) is 9.16. The Morgan fingerprint density at radius 3 is 2.81 bits per heavy atom. The Morgan fingerprint density at radius 2 is 2.11 bits per heavy atom. The summed E-state index contributed by atoms with van der Waals surface area (Å²) in [5, 5.41) is 4.50. The van der Waals surface area contributed by atoms with E-state index in [-0.39, 0.29) is 11.7 Å². The number of halogens is 1. The summed E-state index contributed by atoms with van der Waals surface area (Å²) < 4.78 is 20.8. The van der Waals surface area contributed by atoms with Gasteiger partial charge in [-0.15, -0.1) is 5.10 Å². The number of hydrogen-bond donors (Lipinski definition) is 0. The molecule has 6 heteroatoms. The van der Waals surface area contributed by atoms with Gasteiger partial charge in [-0.25, -0.2) is 4.39 Å². The van der Waals surface area contributed by atoms with Gasteiger partial charge in [0.15, 0.2) is 0 Å². The minimum absolute atomic E-state index is 0.105.